The molecule has 1 aromatic carbocycles. The van der Waals surface area contributed by atoms with E-state index in [9.17, 15) is 10.1 Å². The summed E-state index contributed by atoms with van der Waals surface area (Å²) in [5.41, 5.74) is 3.78. The van der Waals surface area contributed by atoms with Crippen LogP contribution in [0.2, 0.25) is 0 Å². The molecule has 5 rings (SSSR count). The number of fused-ring (bicyclic) bond motifs is 1. The van der Waals surface area contributed by atoms with E-state index < -0.39 is 0 Å². The summed E-state index contributed by atoms with van der Waals surface area (Å²) in [5, 5.41) is 20.1. The van der Waals surface area contributed by atoms with Crippen LogP contribution in [0.5, 0.6) is 5.88 Å². The summed E-state index contributed by atoms with van der Waals surface area (Å²) in [6, 6.07) is 10.5. The molecule has 0 saturated carbocycles. The van der Waals surface area contributed by atoms with Gasteiger partial charge in [-0.15, -0.1) is 0 Å². The van der Waals surface area contributed by atoms with Crippen molar-refractivity contribution in [3.05, 3.63) is 42.2 Å². The molecule has 0 bridgehead atoms. The Morgan fingerprint density at radius 2 is 2.03 bits per heavy atom. The van der Waals surface area contributed by atoms with Crippen LogP contribution in [-0.2, 0) is 4.79 Å². The minimum Gasteiger partial charge on any atom is -0.473 e. The van der Waals surface area contributed by atoms with Crippen molar-refractivity contribution in [1.82, 2.24) is 25.2 Å². The second-order valence-electron chi connectivity index (χ2n) is 8.27. The molecule has 0 aliphatic carbocycles. The van der Waals surface area contributed by atoms with E-state index in [4.69, 9.17) is 9.72 Å². The second-order valence-corrected chi connectivity index (χ2v) is 8.27. The van der Waals surface area contributed by atoms with Crippen LogP contribution in [-0.4, -0.2) is 59.3 Å². The van der Waals surface area contributed by atoms with Gasteiger partial charge in [0, 0.05) is 56.3 Å². The highest BCUT2D eigenvalue weighted by Gasteiger charge is 2.29. The summed E-state index contributed by atoms with van der Waals surface area (Å²) >= 11 is 0. The van der Waals surface area contributed by atoms with Crippen molar-refractivity contribution < 1.29 is 9.53 Å². The molecule has 2 unspecified atom stereocenters. The molecule has 2 fully saturated rings. The largest absolute Gasteiger partial charge is 0.473 e. The number of nitriles is 1. The predicted molar refractivity (Wildman–Crippen MR) is 119 cm³/mol. The highest BCUT2D eigenvalue weighted by Crippen LogP contribution is 2.30. The van der Waals surface area contributed by atoms with E-state index in [1.54, 1.807) is 4.52 Å². The van der Waals surface area contributed by atoms with Crippen LogP contribution in [0.1, 0.15) is 18.9 Å². The first-order chi connectivity index (χ1) is 15.6. The van der Waals surface area contributed by atoms with Crippen LogP contribution >= 0.6 is 0 Å². The lowest BCUT2D eigenvalue weighted by atomic mass is 10.0. The fraction of sp³-hybridized carbons (Fsp3) is 0.391. The van der Waals surface area contributed by atoms with E-state index in [0.717, 1.165) is 31.7 Å². The smallest absolute Gasteiger partial charge is 0.242 e. The van der Waals surface area contributed by atoms with Gasteiger partial charge in [-0.25, -0.2) is 9.50 Å². The molecular formula is C23H25N7O2. The molecule has 2 saturated heterocycles. The van der Waals surface area contributed by atoms with Crippen LogP contribution < -0.4 is 20.3 Å². The van der Waals surface area contributed by atoms with Crippen molar-refractivity contribution in [2.45, 2.75) is 19.4 Å². The summed E-state index contributed by atoms with van der Waals surface area (Å²) in [4.78, 5) is 18.7. The highest BCUT2D eigenvalue weighted by molar-refractivity contribution is 5.78. The summed E-state index contributed by atoms with van der Waals surface area (Å²) in [6.45, 7) is 6.46. The number of hydrogen-bond acceptors (Lipinski definition) is 7. The van der Waals surface area contributed by atoms with Gasteiger partial charge < -0.3 is 20.3 Å². The maximum atomic E-state index is 11.6. The molecule has 164 valence electrons. The van der Waals surface area contributed by atoms with Crippen LogP contribution in [0.4, 0.5) is 5.69 Å². The molecule has 9 heteroatoms. The maximum Gasteiger partial charge on any atom is 0.242 e. The first kappa shape index (κ1) is 20.3. The lowest BCUT2D eigenvalue weighted by molar-refractivity contribution is -0.119. The van der Waals surface area contributed by atoms with Crippen molar-refractivity contribution in [3.63, 3.8) is 0 Å². The van der Waals surface area contributed by atoms with Gasteiger partial charge >= 0.3 is 0 Å². The highest BCUT2D eigenvalue weighted by atomic mass is 16.5. The minimum absolute atomic E-state index is 0.0314. The minimum atomic E-state index is -0.239. The molecule has 0 spiro atoms. The monoisotopic (exact) mass is 431 g/mol. The molecule has 2 aliphatic heterocycles. The van der Waals surface area contributed by atoms with Crippen molar-refractivity contribution in [2.24, 2.45) is 5.92 Å². The number of rotatable bonds is 5. The van der Waals surface area contributed by atoms with Gasteiger partial charge in [0.15, 0.2) is 0 Å². The molecule has 2 aromatic heterocycles. The summed E-state index contributed by atoms with van der Waals surface area (Å²) in [5.74, 6) is 0.443. The zero-order valence-corrected chi connectivity index (χ0v) is 17.9. The summed E-state index contributed by atoms with van der Waals surface area (Å²) in [7, 11) is 0. The van der Waals surface area contributed by atoms with Gasteiger partial charge in [0.1, 0.15) is 23.3 Å². The first-order valence-corrected chi connectivity index (χ1v) is 10.9. The number of nitrogens with one attached hydrogen (secondary N) is 2. The van der Waals surface area contributed by atoms with Gasteiger partial charge in [0.2, 0.25) is 11.8 Å². The number of amides is 1. The van der Waals surface area contributed by atoms with E-state index in [1.807, 2.05) is 25.3 Å². The Morgan fingerprint density at radius 1 is 1.25 bits per heavy atom. The lowest BCUT2D eigenvalue weighted by Crippen LogP contribution is -2.43. The quantitative estimate of drug-likeness (QED) is 0.632. The molecule has 0 radical (unpaired) electrons. The van der Waals surface area contributed by atoms with Crippen molar-refractivity contribution in [3.8, 4) is 23.2 Å². The maximum absolute atomic E-state index is 11.6. The van der Waals surface area contributed by atoms with Crippen molar-refractivity contribution in [1.29, 1.82) is 5.26 Å². The van der Waals surface area contributed by atoms with Crippen LogP contribution in [0.3, 0.4) is 0 Å². The normalized spacial score (nSPS) is 19.6. The number of piperazine rings is 1. The number of benzene rings is 1. The number of ether oxygens (including phenoxy) is 1. The SMILES string of the molecule is CC(Oc1nc(-c2ccc(N3CCNCC3)cc2)cn2ncc(C#N)c12)C1CNC(=O)C1. The zero-order chi connectivity index (χ0) is 22.1. The molecule has 4 heterocycles. The number of aromatic nitrogens is 3. The average Bonchev–Trinajstić information content (AvgIpc) is 3.46. The van der Waals surface area contributed by atoms with Gasteiger partial charge in [0.25, 0.3) is 0 Å². The van der Waals surface area contributed by atoms with E-state index in [-0.39, 0.29) is 17.9 Å². The summed E-state index contributed by atoms with van der Waals surface area (Å²) < 4.78 is 7.86. The lowest BCUT2D eigenvalue weighted by Gasteiger charge is -2.29. The third-order valence-electron chi connectivity index (χ3n) is 6.20. The molecule has 3 aromatic rings. The molecule has 32 heavy (non-hydrogen) atoms. The number of carbonyl (C=O) groups excluding carboxylic acids is 1. The Balaban J connectivity index is 1.47. The fourth-order valence-corrected chi connectivity index (χ4v) is 4.28. The number of anilines is 1. The first-order valence-electron chi connectivity index (χ1n) is 10.9. The molecule has 1 amide bonds. The van der Waals surface area contributed by atoms with Gasteiger partial charge in [-0.05, 0) is 19.1 Å². The third-order valence-corrected chi connectivity index (χ3v) is 6.20. The Kier molecular flexibility index (Phi) is 5.37. The molecular weight excluding hydrogens is 406 g/mol. The van der Waals surface area contributed by atoms with E-state index in [2.05, 4.69) is 38.8 Å². The Hall–Kier alpha value is -3.64. The van der Waals surface area contributed by atoms with E-state index in [1.165, 1.54) is 11.9 Å². The molecule has 2 N–H and O–H groups in total. The van der Waals surface area contributed by atoms with Gasteiger partial charge in [-0.2, -0.15) is 10.4 Å². The standard InChI is InChI=1S/C23H25N7O2/c1-15(17-10-21(31)26-12-17)32-23-22-18(11-24)13-27-30(22)14-20(28-23)16-2-4-19(5-3-16)29-8-6-25-7-9-29/h2-5,13-15,17,25H,6-10,12H2,1H3,(H,26,31). The Labute approximate surface area is 186 Å². The summed E-state index contributed by atoms with van der Waals surface area (Å²) in [6.07, 6.45) is 3.52. The predicted octanol–water partition coefficient (Wildman–Crippen LogP) is 1.58. The number of carbonyl (C=O) groups is 1. The zero-order valence-electron chi connectivity index (χ0n) is 17.9. The van der Waals surface area contributed by atoms with Crippen molar-refractivity contribution in [2.75, 3.05) is 37.6 Å². The molecule has 2 aliphatic rings. The number of nitrogens with zero attached hydrogens (tertiary/aromatic N) is 5. The van der Waals surface area contributed by atoms with Gasteiger partial charge in [0.05, 0.1) is 18.1 Å². The van der Waals surface area contributed by atoms with Gasteiger partial charge in [-0.1, -0.05) is 12.1 Å². The van der Waals surface area contributed by atoms with E-state index in [0.29, 0.717) is 35.6 Å². The fourth-order valence-electron chi connectivity index (χ4n) is 4.28. The Bertz CT molecular complexity index is 1180. The topological polar surface area (TPSA) is 108 Å². The van der Waals surface area contributed by atoms with E-state index >= 15 is 0 Å². The molecule has 9 nitrogen and oxygen atoms in total. The van der Waals surface area contributed by atoms with Crippen molar-refractivity contribution >= 4 is 17.1 Å². The average molecular weight is 432 g/mol. The Morgan fingerprint density at radius 3 is 2.72 bits per heavy atom. The van der Waals surface area contributed by atoms with Crippen LogP contribution in [0.25, 0.3) is 16.8 Å². The molecule has 2 atom stereocenters. The third kappa shape index (κ3) is 3.85. The van der Waals surface area contributed by atoms with Crippen LogP contribution in [0.15, 0.2) is 36.7 Å². The second kappa shape index (κ2) is 8.48. The van der Waals surface area contributed by atoms with Crippen LogP contribution in [0, 0.1) is 17.2 Å². The number of hydrogen-bond donors (Lipinski definition) is 2. The van der Waals surface area contributed by atoms with Gasteiger partial charge in [-0.3, -0.25) is 4.79 Å².